The van der Waals surface area contributed by atoms with E-state index < -0.39 is 0 Å². The first-order valence-corrected chi connectivity index (χ1v) is 10.2. The van der Waals surface area contributed by atoms with E-state index in [2.05, 4.69) is 10.3 Å². The van der Waals surface area contributed by atoms with Crippen LogP contribution < -0.4 is 10.1 Å². The smallest absolute Gasteiger partial charge is 0.260 e. The van der Waals surface area contributed by atoms with Crippen LogP contribution in [-0.4, -0.2) is 34.8 Å². The zero-order valence-electron chi connectivity index (χ0n) is 14.7. The van der Waals surface area contributed by atoms with Crippen LogP contribution >= 0.6 is 22.9 Å². The Balaban J connectivity index is 1.32. The SMILES string of the molecule is O=C(Nc1nc2c(s1)CN(C(=O)COc1ccc(Cl)cc1)CC2)C1CCC1. The normalized spacial score (nSPS) is 16.4. The molecule has 1 aliphatic heterocycles. The number of rotatable bonds is 5. The Labute approximate surface area is 166 Å². The summed E-state index contributed by atoms with van der Waals surface area (Å²) in [6, 6.07) is 6.94. The molecule has 27 heavy (non-hydrogen) atoms. The van der Waals surface area contributed by atoms with Crippen molar-refractivity contribution in [3.05, 3.63) is 39.9 Å². The fraction of sp³-hybridized carbons (Fsp3) is 0.421. The highest BCUT2D eigenvalue weighted by atomic mass is 35.5. The van der Waals surface area contributed by atoms with E-state index in [4.69, 9.17) is 16.3 Å². The number of anilines is 1. The average molecular weight is 406 g/mol. The van der Waals surface area contributed by atoms with E-state index in [1.54, 1.807) is 29.2 Å². The first-order valence-electron chi connectivity index (χ1n) is 9.04. The topological polar surface area (TPSA) is 71.5 Å². The number of carbonyl (C=O) groups is 2. The van der Waals surface area contributed by atoms with Gasteiger partial charge in [0, 0.05) is 28.8 Å². The number of ether oxygens (including phenoxy) is 1. The van der Waals surface area contributed by atoms with Crippen molar-refractivity contribution >= 4 is 39.9 Å². The summed E-state index contributed by atoms with van der Waals surface area (Å²) < 4.78 is 5.55. The minimum atomic E-state index is -0.0657. The summed E-state index contributed by atoms with van der Waals surface area (Å²) in [5.41, 5.74) is 0.978. The molecule has 0 atom stereocenters. The van der Waals surface area contributed by atoms with Gasteiger partial charge in [-0.2, -0.15) is 0 Å². The van der Waals surface area contributed by atoms with Gasteiger partial charge in [-0.3, -0.25) is 9.59 Å². The number of hydrogen-bond acceptors (Lipinski definition) is 5. The summed E-state index contributed by atoms with van der Waals surface area (Å²) in [4.78, 5) is 31.9. The molecule has 0 radical (unpaired) electrons. The molecular weight excluding hydrogens is 386 g/mol. The van der Waals surface area contributed by atoms with Gasteiger partial charge in [-0.1, -0.05) is 29.4 Å². The fourth-order valence-electron chi connectivity index (χ4n) is 3.11. The van der Waals surface area contributed by atoms with Gasteiger partial charge >= 0.3 is 0 Å². The summed E-state index contributed by atoms with van der Waals surface area (Å²) in [5.74, 6) is 0.749. The number of aromatic nitrogens is 1. The lowest BCUT2D eigenvalue weighted by Gasteiger charge is -2.26. The van der Waals surface area contributed by atoms with Crippen LogP contribution in [0.15, 0.2) is 24.3 Å². The van der Waals surface area contributed by atoms with Crippen LogP contribution in [0.3, 0.4) is 0 Å². The Bertz CT molecular complexity index is 848. The molecule has 142 valence electrons. The van der Waals surface area contributed by atoms with Crippen molar-refractivity contribution in [3.8, 4) is 5.75 Å². The van der Waals surface area contributed by atoms with Crippen molar-refractivity contribution in [2.24, 2.45) is 5.92 Å². The maximum Gasteiger partial charge on any atom is 0.260 e. The van der Waals surface area contributed by atoms with Crippen molar-refractivity contribution in [3.63, 3.8) is 0 Å². The quantitative estimate of drug-likeness (QED) is 0.826. The second kappa shape index (κ2) is 7.86. The number of amides is 2. The molecule has 6 nitrogen and oxygen atoms in total. The number of nitrogens with zero attached hydrogens (tertiary/aromatic N) is 2. The molecule has 1 aromatic heterocycles. The molecule has 1 N–H and O–H groups in total. The Morgan fingerprint density at radius 2 is 2.07 bits per heavy atom. The van der Waals surface area contributed by atoms with Crippen LogP contribution in [0.4, 0.5) is 5.13 Å². The van der Waals surface area contributed by atoms with Gasteiger partial charge in [-0.05, 0) is 37.1 Å². The van der Waals surface area contributed by atoms with Crippen LogP contribution in [-0.2, 0) is 22.6 Å². The number of nitrogens with one attached hydrogen (secondary N) is 1. The Morgan fingerprint density at radius 1 is 1.30 bits per heavy atom. The Morgan fingerprint density at radius 3 is 2.78 bits per heavy atom. The summed E-state index contributed by atoms with van der Waals surface area (Å²) in [7, 11) is 0. The highest BCUT2D eigenvalue weighted by molar-refractivity contribution is 7.15. The minimum absolute atomic E-state index is 0.0129. The number of fused-ring (bicyclic) bond motifs is 1. The number of benzene rings is 1. The van der Waals surface area contributed by atoms with Gasteiger partial charge in [0.15, 0.2) is 11.7 Å². The molecule has 0 saturated heterocycles. The van der Waals surface area contributed by atoms with Gasteiger partial charge in [-0.25, -0.2) is 4.98 Å². The monoisotopic (exact) mass is 405 g/mol. The molecule has 1 aliphatic carbocycles. The zero-order chi connectivity index (χ0) is 18.8. The minimum Gasteiger partial charge on any atom is -0.484 e. The third-order valence-corrected chi connectivity index (χ3v) is 6.22. The number of hydrogen-bond donors (Lipinski definition) is 1. The van der Waals surface area contributed by atoms with Gasteiger partial charge in [0.25, 0.3) is 5.91 Å². The van der Waals surface area contributed by atoms with Gasteiger partial charge in [0.1, 0.15) is 5.75 Å². The zero-order valence-corrected chi connectivity index (χ0v) is 16.3. The fourth-order valence-corrected chi connectivity index (χ4v) is 4.26. The molecular formula is C19H20ClN3O3S. The summed E-state index contributed by atoms with van der Waals surface area (Å²) >= 11 is 7.30. The van der Waals surface area contributed by atoms with E-state index in [1.807, 2.05) is 0 Å². The maximum atomic E-state index is 12.5. The Kier molecular flexibility index (Phi) is 5.31. The van der Waals surface area contributed by atoms with Gasteiger partial charge < -0.3 is 15.0 Å². The van der Waals surface area contributed by atoms with E-state index in [9.17, 15) is 9.59 Å². The highest BCUT2D eigenvalue weighted by Crippen LogP contribution is 2.31. The molecule has 2 aromatic rings. The Hall–Kier alpha value is -2.12. The highest BCUT2D eigenvalue weighted by Gasteiger charge is 2.28. The molecule has 0 unspecified atom stereocenters. The third-order valence-electron chi connectivity index (χ3n) is 4.97. The van der Waals surface area contributed by atoms with Crippen LogP contribution in [0.25, 0.3) is 0 Å². The lowest BCUT2D eigenvalue weighted by atomic mass is 9.85. The second-order valence-electron chi connectivity index (χ2n) is 6.81. The number of halogens is 1. The van der Waals surface area contributed by atoms with Crippen LogP contribution in [0.5, 0.6) is 5.75 Å². The predicted octanol–water partition coefficient (Wildman–Crippen LogP) is 3.50. The van der Waals surface area contributed by atoms with E-state index >= 15 is 0 Å². The summed E-state index contributed by atoms with van der Waals surface area (Å²) in [5, 5.41) is 4.20. The largest absolute Gasteiger partial charge is 0.484 e. The van der Waals surface area contributed by atoms with E-state index in [0.29, 0.717) is 35.4 Å². The lowest BCUT2D eigenvalue weighted by Crippen LogP contribution is -2.38. The van der Waals surface area contributed by atoms with Crippen molar-refractivity contribution in [1.29, 1.82) is 0 Å². The maximum absolute atomic E-state index is 12.5. The first kappa shape index (κ1) is 18.3. The van der Waals surface area contributed by atoms with Gasteiger partial charge in [0.2, 0.25) is 5.91 Å². The molecule has 0 spiro atoms. The van der Waals surface area contributed by atoms with E-state index in [-0.39, 0.29) is 24.3 Å². The molecule has 1 aromatic carbocycles. The average Bonchev–Trinajstić information content (AvgIpc) is 3.00. The van der Waals surface area contributed by atoms with Crippen molar-refractivity contribution in [2.75, 3.05) is 18.5 Å². The first-order chi connectivity index (χ1) is 13.1. The molecule has 1 saturated carbocycles. The molecule has 4 rings (SSSR count). The van der Waals surface area contributed by atoms with Gasteiger partial charge in [-0.15, -0.1) is 0 Å². The van der Waals surface area contributed by atoms with Gasteiger partial charge in [0.05, 0.1) is 12.2 Å². The van der Waals surface area contributed by atoms with E-state index in [1.165, 1.54) is 11.3 Å². The van der Waals surface area contributed by atoms with Crippen molar-refractivity contribution in [1.82, 2.24) is 9.88 Å². The molecule has 2 amide bonds. The van der Waals surface area contributed by atoms with Crippen molar-refractivity contribution < 1.29 is 14.3 Å². The second-order valence-corrected chi connectivity index (χ2v) is 8.33. The standard InChI is InChI=1S/C19H20ClN3O3S/c20-13-4-6-14(7-5-13)26-11-17(24)23-9-8-15-16(10-23)27-19(21-15)22-18(25)12-2-1-3-12/h4-7,12H,1-3,8-11H2,(H,21,22,25). The summed E-state index contributed by atoms with van der Waals surface area (Å²) in [6.07, 6.45) is 3.75. The number of carbonyl (C=O) groups excluding carboxylic acids is 2. The lowest BCUT2D eigenvalue weighted by molar-refractivity contribution is -0.134. The van der Waals surface area contributed by atoms with Crippen LogP contribution in [0, 0.1) is 5.92 Å². The third kappa shape index (κ3) is 4.25. The molecule has 2 heterocycles. The molecule has 1 fully saturated rings. The number of thiazole rings is 1. The molecule has 0 bridgehead atoms. The van der Waals surface area contributed by atoms with Crippen LogP contribution in [0.2, 0.25) is 5.02 Å². The van der Waals surface area contributed by atoms with Crippen molar-refractivity contribution in [2.45, 2.75) is 32.2 Å². The van der Waals surface area contributed by atoms with E-state index in [0.717, 1.165) is 29.8 Å². The molecule has 2 aliphatic rings. The van der Waals surface area contributed by atoms with Crippen LogP contribution in [0.1, 0.15) is 29.8 Å². The predicted molar refractivity (Wildman–Crippen MR) is 104 cm³/mol. The molecule has 8 heteroatoms. The summed E-state index contributed by atoms with van der Waals surface area (Å²) in [6.45, 7) is 1.10.